The lowest BCUT2D eigenvalue weighted by molar-refractivity contribution is -0.116. The first-order valence-corrected chi connectivity index (χ1v) is 8.82. The van der Waals surface area contributed by atoms with Gasteiger partial charge in [-0.3, -0.25) is 9.48 Å². The molecule has 0 saturated carbocycles. The van der Waals surface area contributed by atoms with E-state index in [0.29, 0.717) is 22.2 Å². The number of aromatic nitrogens is 2. The van der Waals surface area contributed by atoms with Crippen LogP contribution in [0.15, 0.2) is 67.0 Å². The fraction of sp³-hybridized carbons (Fsp3) is 0.100. The number of amides is 1. The van der Waals surface area contributed by atoms with Crippen molar-refractivity contribution in [3.05, 3.63) is 93.7 Å². The van der Waals surface area contributed by atoms with E-state index in [9.17, 15) is 4.79 Å². The van der Waals surface area contributed by atoms with Gasteiger partial charge >= 0.3 is 0 Å². The molecule has 3 aromatic rings. The van der Waals surface area contributed by atoms with Gasteiger partial charge in [0, 0.05) is 35.1 Å². The Morgan fingerprint density at radius 3 is 2.62 bits per heavy atom. The topological polar surface area (TPSA) is 46.9 Å². The molecule has 6 heteroatoms. The van der Waals surface area contributed by atoms with Crippen molar-refractivity contribution in [1.82, 2.24) is 15.1 Å². The monoisotopic (exact) mass is 385 g/mol. The molecule has 0 aliphatic carbocycles. The first kappa shape index (κ1) is 18.2. The van der Waals surface area contributed by atoms with Crippen molar-refractivity contribution in [2.24, 2.45) is 0 Å². The van der Waals surface area contributed by atoms with E-state index in [4.69, 9.17) is 23.2 Å². The van der Waals surface area contributed by atoms with Crippen molar-refractivity contribution in [2.75, 3.05) is 0 Å². The fourth-order valence-corrected chi connectivity index (χ4v) is 2.76. The molecule has 1 N–H and O–H groups in total. The van der Waals surface area contributed by atoms with Gasteiger partial charge in [0.2, 0.25) is 5.91 Å². The lowest BCUT2D eigenvalue weighted by Crippen LogP contribution is -2.20. The molecule has 0 aliphatic rings. The second kappa shape index (κ2) is 8.70. The van der Waals surface area contributed by atoms with Gasteiger partial charge in [0.1, 0.15) is 0 Å². The molecule has 0 radical (unpaired) electrons. The summed E-state index contributed by atoms with van der Waals surface area (Å²) in [4.78, 5) is 12.0. The van der Waals surface area contributed by atoms with E-state index < -0.39 is 0 Å². The Kier molecular flexibility index (Phi) is 6.10. The summed E-state index contributed by atoms with van der Waals surface area (Å²) >= 11 is 12.0. The summed E-state index contributed by atoms with van der Waals surface area (Å²) in [6, 6.07) is 15.1. The molecule has 132 valence electrons. The van der Waals surface area contributed by atoms with Crippen LogP contribution in [0.2, 0.25) is 10.0 Å². The Morgan fingerprint density at radius 2 is 1.88 bits per heavy atom. The smallest absolute Gasteiger partial charge is 0.244 e. The summed E-state index contributed by atoms with van der Waals surface area (Å²) < 4.78 is 1.86. The van der Waals surface area contributed by atoms with Crippen LogP contribution in [0.25, 0.3) is 6.08 Å². The summed E-state index contributed by atoms with van der Waals surface area (Å²) in [7, 11) is 0. The van der Waals surface area contributed by atoms with Gasteiger partial charge < -0.3 is 5.32 Å². The summed E-state index contributed by atoms with van der Waals surface area (Å²) in [5.74, 6) is -0.193. The first-order chi connectivity index (χ1) is 12.6. The third-order valence-electron chi connectivity index (χ3n) is 3.77. The van der Waals surface area contributed by atoms with Crippen LogP contribution < -0.4 is 5.32 Å². The van der Waals surface area contributed by atoms with Gasteiger partial charge in [-0.25, -0.2) is 0 Å². The molecule has 3 rings (SSSR count). The highest BCUT2D eigenvalue weighted by Gasteiger charge is 2.01. The van der Waals surface area contributed by atoms with Crippen molar-refractivity contribution in [3.8, 4) is 0 Å². The largest absolute Gasteiger partial charge is 0.348 e. The number of carbonyl (C=O) groups is 1. The third-order valence-corrected chi connectivity index (χ3v) is 4.35. The number of halogens is 2. The van der Waals surface area contributed by atoms with E-state index in [0.717, 1.165) is 17.7 Å². The highest BCUT2D eigenvalue weighted by molar-refractivity contribution is 6.34. The Hall–Kier alpha value is -2.56. The van der Waals surface area contributed by atoms with E-state index in [2.05, 4.69) is 10.4 Å². The molecule has 0 atom stereocenters. The van der Waals surface area contributed by atoms with Gasteiger partial charge in [-0.2, -0.15) is 5.10 Å². The van der Waals surface area contributed by atoms with Crippen LogP contribution >= 0.6 is 23.2 Å². The SMILES string of the molecule is O=C(/C=C/c1cc(Cl)ccc1Cl)NCc1ccc(Cn2cccn2)cc1. The van der Waals surface area contributed by atoms with E-state index >= 15 is 0 Å². The first-order valence-electron chi connectivity index (χ1n) is 8.06. The zero-order valence-corrected chi connectivity index (χ0v) is 15.4. The zero-order chi connectivity index (χ0) is 18.4. The fourth-order valence-electron chi connectivity index (χ4n) is 2.40. The lowest BCUT2D eigenvalue weighted by atomic mass is 10.1. The van der Waals surface area contributed by atoms with Crippen molar-refractivity contribution in [3.63, 3.8) is 0 Å². The normalized spacial score (nSPS) is 11.0. The molecular formula is C20H17Cl2N3O. The van der Waals surface area contributed by atoms with E-state index in [1.807, 2.05) is 41.2 Å². The molecule has 0 fully saturated rings. The number of rotatable bonds is 6. The minimum absolute atomic E-state index is 0.193. The lowest BCUT2D eigenvalue weighted by Gasteiger charge is -2.06. The number of hydrogen-bond donors (Lipinski definition) is 1. The van der Waals surface area contributed by atoms with E-state index in [1.165, 1.54) is 6.08 Å². The average Bonchev–Trinajstić information content (AvgIpc) is 3.15. The summed E-state index contributed by atoms with van der Waals surface area (Å²) in [5, 5.41) is 8.16. The minimum atomic E-state index is -0.193. The quantitative estimate of drug-likeness (QED) is 0.631. The molecule has 26 heavy (non-hydrogen) atoms. The second-order valence-corrected chi connectivity index (χ2v) is 6.58. The maximum atomic E-state index is 12.0. The zero-order valence-electron chi connectivity index (χ0n) is 13.9. The predicted molar refractivity (Wildman–Crippen MR) is 105 cm³/mol. The number of carbonyl (C=O) groups excluding carboxylic acids is 1. The summed E-state index contributed by atoms with van der Waals surface area (Å²) in [6.07, 6.45) is 6.78. The van der Waals surface area contributed by atoms with Crippen LogP contribution in [0.5, 0.6) is 0 Å². The van der Waals surface area contributed by atoms with Crippen LogP contribution in [0.4, 0.5) is 0 Å². The molecule has 1 amide bonds. The third kappa shape index (κ3) is 5.22. The predicted octanol–water partition coefficient (Wildman–Crippen LogP) is 4.57. The van der Waals surface area contributed by atoms with Gasteiger partial charge in [0.15, 0.2) is 0 Å². The Bertz CT molecular complexity index is 903. The van der Waals surface area contributed by atoms with Crippen molar-refractivity contribution < 1.29 is 4.79 Å². The van der Waals surface area contributed by atoms with E-state index in [-0.39, 0.29) is 5.91 Å². The van der Waals surface area contributed by atoms with Crippen LogP contribution in [0, 0.1) is 0 Å². The number of hydrogen-bond acceptors (Lipinski definition) is 2. The maximum absolute atomic E-state index is 12.0. The molecule has 1 heterocycles. The number of benzene rings is 2. The summed E-state index contributed by atoms with van der Waals surface area (Å²) in [5.41, 5.74) is 2.88. The van der Waals surface area contributed by atoms with Gasteiger partial charge in [-0.1, -0.05) is 47.5 Å². The van der Waals surface area contributed by atoms with Crippen molar-refractivity contribution in [2.45, 2.75) is 13.1 Å². The van der Waals surface area contributed by atoms with Crippen LogP contribution in [0.1, 0.15) is 16.7 Å². The van der Waals surface area contributed by atoms with Crippen LogP contribution in [0.3, 0.4) is 0 Å². The molecule has 0 bridgehead atoms. The van der Waals surface area contributed by atoms with Crippen LogP contribution in [-0.4, -0.2) is 15.7 Å². The highest BCUT2D eigenvalue weighted by atomic mass is 35.5. The second-order valence-electron chi connectivity index (χ2n) is 5.74. The molecule has 0 saturated heterocycles. The van der Waals surface area contributed by atoms with Gasteiger partial charge in [-0.15, -0.1) is 0 Å². The molecule has 4 nitrogen and oxygen atoms in total. The van der Waals surface area contributed by atoms with Crippen molar-refractivity contribution in [1.29, 1.82) is 0 Å². The van der Waals surface area contributed by atoms with Crippen LogP contribution in [-0.2, 0) is 17.9 Å². The van der Waals surface area contributed by atoms with E-state index in [1.54, 1.807) is 30.5 Å². The summed E-state index contributed by atoms with van der Waals surface area (Å²) in [6.45, 7) is 1.18. The van der Waals surface area contributed by atoms with Gasteiger partial charge in [0.25, 0.3) is 0 Å². The Labute approximate surface area is 162 Å². The number of nitrogens with one attached hydrogen (secondary N) is 1. The molecule has 1 aromatic heterocycles. The Morgan fingerprint density at radius 1 is 1.12 bits per heavy atom. The van der Waals surface area contributed by atoms with Gasteiger partial charge in [0.05, 0.1) is 6.54 Å². The average molecular weight is 386 g/mol. The molecule has 0 aliphatic heterocycles. The Balaban J connectivity index is 1.52. The van der Waals surface area contributed by atoms with Crippen molar-refractivity contribution >= 4 is 35.2 Å². The molecule has 2 aromatic carbocycles. The number of nitrogens with zero attached hydrogens (tertiary/aromatic N) is 2. The van der Waals surface area contributed by atoms with Gasteiger partial charge in [-0.05, 0) is 47.0 Å². The molecule has 0 spiro atoms. The molecule has 0 unspecified atom stereocenters. The molecular weight excluding hydrogens is 369 g/mol. The standard InChI is InChI=1S/C20H17Cl2N3O/c21-18-7-8-19(22)17(12-18)6-9-20(26)23-13-15-2-4-16(5-3-15)14-25-11-1-10-24-25/h1-12H,13-14H2,(H,23,26)/b9-6+. The highest BCUT2D eigenvalue weighted by Crippen LogP contribution is 2.21. The maximum Gasteiger partial charge on any atom is 0.244 e. The minimum Gasteiger partial charge on any atom is -0.348 e.